The van der Waals surface area contributed by atoms with Gasteiger partial charge in [-0.1, -0.05) is 55.1 Å². The Labute approximate surface area is 184 Å². The first-order chi connectivity index (χ1) is 15.2. The van der Waals surface area contributed by atoms with Gasteiger partial charge in [0.15, 0.2) is 11.0 Å². The summed E-state index contributed by atoms with van der Waals surface area (Å²) in [6.07, 6.45) is 0.840. The molecule has 156 valence electrons. The smallest absolute Gasteiger partial charge is 0.234 e. The van der Waals surface area contributed by atoms with Crippen LogP contribution in [0.1, 0.15) is 12.5 Å². The second-order valence-corrected chi connectivity index (χ2v) is 7.77. The van der Waals surface area contributed by atoms with Gasteiger partial charge in [-0.15, -0.1) is 10.2 Å². The number of nitrogens with zero attached hydrogens (tertiary/aromatic N) is 3. The first kappa shape index (κ1) is 20.8. The van der Waals surface area contributed by atoms with Crippen LogP contribution in [-0.2, 0) is 11.2 Å². The van der Waals surface area contributed by atoms with Crippen molar-refractivity contribution in [2.24, 2.45) is 0 Å². The number of aryl methyl sites for hydroxylation is 1. The van der Waals surface area contributed by atoms with E-state index in [0.29, 0.717) is 11.0 Å². The molecule has 0 spiro atoms. The van der Waals surface area contributed by atoms with Crippen LogP contribution in [0.2, 0.25) is 0 Å². The molecular formula is C24H21FN4OS. The normalized spacial score (nSPS) is 10.8. The molecule has 0 radical (unpaired) electrons. The molecule has 0 atom stereocenters. The average molecular weight is 433 g/mol. The second-order valence-electron chi connectivity index (χ2n) is 6.83. The zero-order chi connectivity index (χ0) is 21.6. The molecule has 0 saturated carbocycles. The van der Waals surface area contributed by atoms with Crippen molar-refractivity contribution in [1.82, 2.24) is 14.8 Å². The molecule has 0 bridgehead atoms. The quantitative estimate of drug-likeness (QED) is 0.399. The predicted octanol–water partition coefficient (Wildman–Crippen LogP) is 5.37. The van der Waals surface area contributed by atoms with E-state index in [2.05, 4.69) is 22.4 Å². The Hall–Kier alpha value is -3.45. The number of carbonyl (C=O) groups excluding carboxylic acids is 1. The largest absolute Gasteiger partial charge is 0.325 e. The fourth-order valence-electron chi connectivity index (χ4n) is 3.23. The highest BCUT2D eigenvalue weighted by Crippen LogP contribution is 2.28. The summed E-state index contributed by atoms with van der Waals surface area (Å²) >= 11 is 1.30. The molecule has 0 aliphatic carbocycles. The van der Waals surface area contributed by atoms with Crippen LogP contribution >= 0.6 is 11.8 Å². The van der Waals surface area contributed by atoms with Crippen LogP contribution in [0.25, 0.3) is 17.1 Å². The monoisotopic (exact) mass is 432 g/mol. The molecule has 31 heavy (non-hydrogen) atoms. The first-order valence-electron chi connectivity index (χ1n) is 9.93. The SMILES string of the molecule is CCc1ccccc1NC(=O)CSc1nnc(-c2ccc(F)cc2)n1-c1ccccc1. The molecule has 1 N–H and O–H groups in total. The number of hydrogen-bond acceptors (Lipinski definition) is 4. The summed E-state index contributed by atoms with van der Waals surface area (Å²) in [5.74, 6) is 0.349. The van der Waals surface area contributed by atoms with Gasteiger partial charge in [0.1, 0.15) is 5.82 Å². The van der Waals surface area contributed by atoms with Gasteiger partial charge in [0, 0.05) is 16.9 Å². The van der Waals surface area contributed by atoms with Gasteiger partial charge in [-0.25, -0.2) is 4.39 Å². The molecule has 0 aliphatic heterocycles. The minimum Gasteiger partial charge on any atom is -0.325 e. The number of hydrogen-bond donors (Lipinski definition) is 1. The third-order valence-corrected chi connectivity index (χ3v) is 5.68. The van der Waals surface area contributed by atoms with Crippen molar-refractivity contribution >= 4 is 23.4 Å². The fraction of sp³-hybridized carbons (Fsp3) is 0.125. The van der Waals surface area contributed by atoms with Crippen LogP contribution in [-0.4, -0.2) is 26.4 Å². The van der Waals surface area contributed by atoms with E-state index in [1.165, 1.54) is 23.9 Å². The van der Waals surface area contributed by atoms with Gasteiger partial charge in [0.25, 0.3) is 0 Å². The Kier molecular flexibility index (Phi) is 6.43. The number of aromatic nitrogens is 3. The van der Waals surface area contributed by atoms with E-state index in [0.717, 1.165) is 28.9 Å². The summed E-state index contributed by atoms with van der Waals surface area (Å²) in [4.78, 5) is 12.6. The van der Waals surface area contributed by atoms with Crippen molar-refractivity contribution < 1.29 is 9.18 Å². The summed E-state index contributed by atoms with van der Waals surface area (Å²) in [5, 5.41) is 12.2. The Balaban J connectivity index is 1.58. The molecule has 1 heterocycles. The number of halogens is 1. The van der Waals surface area contributed by atoms with Gasteiger partial charge in [-0.2, -0.15) is 0 Å². The highest BCUT2D eigenvalue weighted by molar-refractivity contribution is 7.99. The van der Waals surface area contributed by atoms with Crippen molar-refractivity contribution in [2.75, 3.05) is 11.1 Å². The second kappa shape index (κ2) is 9.57. The number of rotatable bonds is 7. The molecule has 3 aromatic carbocycles. The van der Waals surface area contributed by atoms with E-state index in [1.807, 2.05) is 59.2 Å². The van der Waals surface area contributed by atoms with E-state index < -0.39 is 0 Å². The molecule has 0 aliphatic rings. The van der Waals surface area contributed by atoms with Crippen LogP contribution in [0.15, 0.2) is 84.0 Å². The summed E-state index contributed by atoms with van der Waals surface area (Å²) in [5.41, 5.74) is 3.52. The summed E-state index contributed by atoms with van der Waals surface area (Å²) < 4.78 is 15.3. The first-order valence-corrected chi connectivity index (χ1v) is 10.9. The van der Waals surface area contributed by atoms with Crippen molar-refractivity contribution in [3.05, 3.63) is 90.2 Å². The minimum atomic E-state index is -0.312. The molecule has 7 heteroatoms. The lowest BCUT2D eigenvalue weighted by atomic mass is 10.1. The van der Waals surface area contributed by atoms with E-state index in [9.17, 15) is 9.18 Å². The summed E-state index contributed by atoms with van der Waals surface area (Å²) in [6, 6.07) is 23.6. The molecule has 0 unspecified atom stereocenters. The number of carbonyl (C=O) groups is 1. The van der Waals surface area contributed by atoms with Gasteiger partial charge >= 0.3 is 0 Å². The Morgan fingerprint density at radius 2 is 1.68 bits per heavy atom. The molecule has 4 aromatic rings. The Morgan fingerprint density at radius 1 is 0.968 bits per heavy atom. The van der Waals surface area contributed by atoms with Crippen molar-refractivity contribution in [3.63, 3.8) is 0 Å². The lowest BCUT2D eigenvalue weighted by Gasteiger charge is -2.11. The highest BCUT2D eigenvalue weighted by Gasteiger charge is 2.17. The van der Waals surface area contributed by atoms with Crippen LogP contribution in [0.3, 0.4) is 0 Å². The Bertz CT molecular complexity index is 1180. The number of nitrogens with one attached hydrogen (secondary N) is 1. The highest BCUT2D eigenvalue weighted by atomic mass is 32.2. The molecule has 0 saturated heterocycles. The Morgan fingerprint density at radius 3 is 2.42 bits per heavy atom. The van der Waals surface area contributed by atoms with Crippen LogP contribution < -0.4 is 5.32 Å². The number of para-hydroxylation sites is 2. The van der Waals surface area contributed by atoms with Crippen LogP contribution in [0.5, 0.6) is 0 Å². The molecular weight excluding hydrogens is 411 g/mol. The van der Waals surface area contributed by atoms with Crippen molar-refractivity contribution in [3.8, 4) is 17.1 Å². The maximum Gasteiger partial charge on any atom is 0.234 e. The van der Waals surface area contributed by atoms with Gasteiger partial charge in [0.2, 0.25) is 5.91 Å². The molecule has 1 amide bonds. The number of thioether (sulfide) groups is 1. The van der Waals surface area contributed by atoms with E-state index in [4.69, 9.17) is 0 Å². The van der Waals surface area contributed by atoms with Crippen LogP contribution in [0, 0.1) is 5.82 Å². The van der Waals surface area contributed by atoms with Gasteiger partial charge in [-0.3, -0.25) is 9.36 Å². The van der Waals surface area contributed by atoms with Crippen molar-refractivity contribution in [2.45, 2.75) is 18.5 Å². The van der Waals surface area contributed by atoms with Crippen molar-refractivity contribution in [1.29, 1.82) is 0 Å². The topological polar surface area (TPSA) is 59.8 Å². The number of benzene rings is 3. The number of anilines is 1. The lowest BCUT2D eigenvalue weighted by Crippen LogP contribution is -2.15. The summed E-state index contributed by atoms with van der Waals surface area (Å²) in [6.45, 7) is 2.05. The molecule has 5 nitrogen and oxygen atoms in total. The predicted molar refractivity (Wildman–Crippen MR) is 122 cm³/mol. The van der Waals surface area contributed by atoms with Gasteiger partial charge in [-0.05, 0) is 54.4 Å². The van der Waals surface area contributed by atoms with E-state index in [1.54, 1.807) is 12.1 Å². The van der Waals surface area contributed by atoms with Crippen LogP contribution in [0.4, 0.5) is 10.1 Å². The van der Waals surface area contributed by atoms with E-state index >= 15 is 0 Å². The third-order valence-electron chi connectivity index (χ3n) is 4.75. The number of amides is 1. The minimum absolute atomic E-state index is 0.114. The molecule has 1 aromatic heterocycles. The summed E-state index contributed by atoms with van der Waals surface area (Å²) in [7, 11) is 0. The third kappa shape index (κ3) is 4.83. The zero-order valence-electron chi connectivity index (χ0n) is 17.0. The van der Waals surface area contributed by atoms with Gasteiger partial charge < -0.3 is 5.32 Å². The maximum absolute atomic E-state index is 13.4. The van der Waals surface area contributed by atoms with Gasteiger partial charge in [0.05, 0.1) is 5.75 Å². The lowest BCUT2D eigenvalue weighted by molar-refractivity contribution is -0.113. The zero-order valence-corrected chi connectivity index (χ0v) is 17.8. The fourth-order valence-corrected chi connectivity index (χ4v) is 3.98. The maximum atomic E-state index is 13.4. The molecule has 0 fully saturated rings. The molecule has 4 rings (SSSR count). The standard InChI is InChI=1S/C24H21FN4OS/c1-2-17-8-6-7-11-21(17)26-22(30)16-31-24-28-27-23(18-12-14-19(25)15-13-18)29(24)20-9-4-3-5-10-20/h3-15H,2,16H2,1H3,(H,26,30). The average Bonchev–Trinajstić information content (AvgIpc) is 3.23. The van der Waals surface area contributed by atoms with E-state index in [-0.39, 0.29) is 17.5 Å².